The molecule has 0 unspecified atom stereocenters. The molecule has 1 rings (SSSR count). The monoisotopic (exact) mass is 198 g/mol. The molecule has 0 saturated carbocycles. The van der Waals surface area contributed by atoms with Gasteiger partial charge < -0.3 is 10.2 Å². The highest BCUT2D eigenvalue weighted by Gasteiger charge is 2.27. The zero-order valence-electron chi connectivity index (χ0n) is 8.21. The van der Waals surface area contributed by atoms with Gasteiger partial charge in [0, 0.05) is 13.0 Å². The maximum absolute atomic E-state index is 11.2. The average Bonchev–Trinajstić information content (AvgIpc) is 2.46. The standard InChI is InChI=1S/C9H14N2O3/c1-7-3-4-8(12)11(7)14-9(13)5-6-10-2/h10H,1,3-6H2,2H3. The van der Waals surface area contributed by atoms with Crippen molar-refractivity contribution in [2.75, 3.05) is 13.6 Å². The van der Waals surface area contributed by atoms with E-state index < -0.39 is 5.97 Å². The van der Waals surface area contributed by atoms with Crippen molar-refractivity contribution >= 4 is 11.9 Å². The molecule has 0 aliphatic carbocycles. The van der Waals surface area contributed by atoms with Gasteiger partial charge >= 0.3 is 5.97 Å². The zero-order chi connectivity index (χ0) is 10.6. The van der Waals surface area contributed by atoms with Gasteiger partial charge in [-0.2, -0.15) is 0 Å². The van der Waals surface area contributed by atoms with Crippen molar-refractivity contribution in [3.05, 3.63) is 12.3 Å². The summed E-state index contributed by atoms with van der Waals surface area (Å²) < 4.78 is 0. The van der Waals surface area contributed by atoms with Crippen LogP contribution in [0.1, 0.15) is 19.3 Å². The zero-order valence-corrected chi connectivity index (χ0v) is 8.21. The molecular formula is C9H14N2O3. The lowest BCUT2D eigenvalue weighted by Gasteiger charge is -2.15. The Morgan fingerprint density at radius 3 is 2.86 bits per heavy atom. The highest BCUT2D eigenvalue weighted by atomic mass is 16.7. The fraction of sp³-hybridized carbons (Fsp3) is 0.556. The Kier molecular flexibility index (Phi) is 3.64. The van der Waals surface area contributed by atoms with E-state index in [1.54, 1.807) is 7.05 Å². The van der Waals surface area contributed by atoms with Gasteiger partial charge in [-0.1, -0.05) is 6.58 Å². The number of hydroxylamine groups is 2. The fourth-order valence-corrected chi connectivity index (χ4v) is 1.12. The first-order valence-electron chi connectivity index (χ1n) is 4.51. The minimum Gasteiger partial charge on any atom is -0.333 e. The lowest BCUT2D eigenvalue weighted by Crippen LogP contribution is -2.28. The summed E-state index contributed by atoms with van der Waals surface area (Å²) in [5, 5.41) is 3.82. The van der Waals surface area contributed by atoms with Crippen molar-refractivity contribution in [3.8, 4) is 0 Å². The molecule has 1 amide bonds. The van der Waals surface area contributed by atoms with E-state index in [2.05, 4.69) is 11.9 Å². The molecule has 0 aromatic heterocycles. The van der Waals surface area contributed by atoms with Crippen molar-refractivity contribution in [2.24, 2.45) is 0 Å². The Bertz CT molecular complexity index is 247. The van der Waals surface area contributed by atoms with E-state index in [1.807, 2.05) is 0 Å². The number of rotatable bonds is 4. The van der Waals surface area contributed by atoms with E-state index >= 15 is 0 Å². The Hall–Kier alpha value is -1.36. The number of allylic oxidation sites excluding steroid dienone is 1. The van der Waals surface area contributed by atoms with Crippen molar-refractivity contribution in [1.82, 2.24) is 10.4 Å². The third kappa shape index (κ3) is 2.56. The van der Waals surface area contributed by atoms with Crippen molar-refractivity contribution in [2.45, 2.75) is 19.3 Å². The number of carbonyl (C=O) groups excluding carboxylic acids is 2. The first-order chi connectivity index (χ1) is 6.65. The maximum Gasteiger partial charge on any atom is 0.334 e. The number of nitrogens with one attached hydrogen (secondary N) is 1. The molecule has 1 fully saturated rings. The smallest absolute Gasteiger partial charge is 0.333 e. The van der Waals surface area contributed by atoms with Gasteiger partial charge in [0.1, 0.15) is 0 Å². The normalized spacial score (nSPS) is 16.2. The summed E-state index contributed by atoms with van der Waals surface area (Å²) in [5.41, 5.74) is 0.549. The van der Waals surface area contributed by atoms with Crippen molar-refractivity contribution in [3.63, 3.8) is 0 Å². The molecule has 0 bridgehead atoms. The molecule has 1 aliphatic heterocycles. The van der Waals surface area contributed by atoms with Gasteiger partial charge in [0.25, 0.3) is 5.91 Å². The van der Waals surface area contributed by atoms with Crippen LogP contribution in [0.15, 0.2) is 12.3 Å². The second kappa shape index (κ2) is 4.76. The quantitative estimate of drug-likeness (QED) is 0.700. The van der Waals surface area contributed by atoms with E-state index in [-0.39, 0.29) is 12.3 Å². The molecule has 0 spiro atoms. The molecule has 1 N–H and O–H groups in total. The van der Waals surface area contributed by atoms with Crippen LogP contribution in [0.5, 0.6) is 0 Å². The second-order valence-electron chi connectivity index (χ2n) is 3.07. The molecule has 1 aliphatic rings. The van der Waals surface area contributed by atoms with E-state index in [4.69, 9.17) is 4.84 Å². The van der Waals surface area contributed by atoms with Gasteiger partial charge in [-0.3, -0.25) is 4.79 Å². The van der Waals surface area contributed by atoms with Gasteiger partial charge in [0.05, 0.1) is 12.1 Å². The van der Waals surface area contributed by atoms with Crippen LogP contribution in [-0.2, 0) is 14.4 Å². The van der Waals surface area contributed by atoms with Crippen LogP contribution in [0.3, 0.4) is 0 Å². The fourth-order valence-electron chi connectivity index (χ4n) is 1.12. The van der Waals surface area contributed by atoms with Crippen LogP contribution in [0, 0.1) is 0 Å². The third-order valence-corrected chi connectivity index (χ3v) is 1.91. The van der Waals surface area contributed by atoms with Crippen LogP contribution >= 0.6 is 0 Å². The summed E-state index contributed by atoms with van der Waals surface area (Å²) in [6.45, 7) is 4.17. The summed E-state index contributed by atoms with van der Waals surface area (Å²) in [6, 6.07) is 0. The van der Waals surface area contributed by atoms with E-state index in [1.165, 1.54) is 0 Å². The van der Waals surface area contributed by atoms with Gasteiger partial charge in [-0.25, -0.2) is 4.79 Å². The maximum atomic E-state index is 11.2. The van der Waals surface area contributed by atoms with Gasteiger partial charge in [0.2, 0.25) is 0 Å². The summed E-state index contributed by atoms with van der Waals surface area (Å²) >= 11 is 0. The third-order valence-electron chi connectivity index (χ3n) is 1.91. The molecule has 5 nitrogen and oxygen atoms in total. The Labute approximate surface area is 82.7 Å². The van der Waals surface area contributed by atoms with Crippen LogP contribution in [-0.4, -0.2) is 30.5 Å². The Morgan fingerprint density at radius 2 is 2.36 bits per heavy atom. The molecule has 1 heterocycles. The topological polar surface area (TPSA) is 58.6 Å². The molecule has 5 heteroatoms. The number of nitrogens with zero attached hydrogens (tertiary/aromatic N) is 1. The van der Waals surface area contributed by atoms with Gasteiger partial charge in [0.15, 0.2) is 0 Å². The predicted octanol–water partition coefficient (Wildman–Crippen LogP) is 0.190. The van der Waals surface area contributed by atoms with Gasteiger partial charge in [-0.05, 0) is 13.5 Å². The van der Waals surface area contributed by atoms with Crippen molar-refractivity contribution < 1.29 is 14.4 Å². The summed E-state index contributed by atoms with van der Waals surface area (Å²) in [7, 11) is 1.74. The van der Waals surface area contributed by atoms with Crippen molar-refractivity contribution in [1.29, 1.82) is 0 Å². The molecule has 14 heavy (non-hydrogen) atoms. The van der Waals surface area contributed by atoms with Crippen LogP contribution < -0.4 is 5.32 Å². The number of amides is 1. The van der Waals surface area contributed by atoms with Crippen LogP contribution in [0.2, 0.25) is 0 Å². The molecule has 0 radical (unpaired) electrons. The van der Waals surface area contributed by atoms with Gasteiger partial charge in [-0.15, -0.1) is 5.06 Å². The molecule has 0 aromatic rings. The second-order valence-corrected chi connectivity index (χ2v) is 3.07. The average molecular weight is 198 g/mol. The predicted molar refractivity (Wildman–Crippen MR) is 49.9 cm³/mol. The number of hydrogen-bond donors (Lipinski definition) is 1. The Balaban J connectivity index is 2.39. The molecule has 0 aromatic carbocycles. The number of hydrogen-bond acceptors (Lipinski definition) is 4. The largest absolute Gasteiger partial charge is 0.334 e. The Morgan fingerprint density at radius 1 is 1.64 bits per heavy atom. The highest BCUT2D eigenvalue weighted by molar-refractivity contribution is 5.82. The molecule has 78 valence electrons. The highest BCUT2D eigenvalue weighted by Crippen LogP contribution is 2.20. The van der Waals surface area contributed by atoms with Crippen LogP contribution in [0.4, 0.5) is 0 Å². The van der Waals surface area contributed by atoms with Crippen LogP contribution in [0.25, 0.3) is 0 Å². The minimum atomic E-state index is -0.421. The first kappa shape index (κ1) is 10.7. The molecule has 0 atom stereocenters. The minimum absolute atomic E-state index is 0.201. The summed E-state index contributed by atoms with van der Waals surface area (Å²) in [5.74, 6) is -0.622. The van der Waals surface area contributed by atoms with E-state index in [9.17, 15) is 9.59 Å². The first-order valence-corrected chi connectivity index (χ1v) is 4.51. The van der Waals surface area contributed by atoms with E-state index in [0.717, 1.165) is 5.06 Å². The molecular weight excluding hydrogens is 184 g/mol. The summed E-state index contributed by atoms with van der Waals surface area (Å²) in [4.78, 5) is 27.2. The summed E-state index contributed by atoms with van der Waals surface area (Å²) in [6.07, 6.45) is 1.18. The lowest BCUT2D eigenvalue weighted by molar-refractivity contribution is -0.186. The number of carbonyl (C=O) groups is 2. The lowest BCUT2D eigenvalue weighted by atomic mass is 10.3. The SMILES string of the molecule is C=C1CCC(=O)N1OC(=O)CCNC. The molecule has 1 saturated heterocycles. The van der Waals surface area contributed by atoms with E-state index in [0.29, 0.717) is 25.1 Å².